The Morgan fingerprint density at radius 2 is 1.92 bits per heavy atom. The van der Waals surface area contributed by atoms with E-state index in [1.807, 2.05) is 0 Å². The minimum absolute atomic E-state index is 0.0804. The Morgan fingerprint density at radius 1 is 1.12 bits per heavy atom. The fourth-order valence-electron chi connectivity index (χ4n) is 2.53. The summed E-state index contributed by atoms with van der Waals surface area (Å²) in [5.74, 6) is -0.402. The molecular weight excluding hydrogens is 311 g/mol. The third kappa shape index (κ3) is 2.32. The summed E-state index contributed by atoms with van der Waals surface area (Å²) in [7, 11) is 0. The largest absolute Gasteiger partial charge is 0.506 e. The predicted octanol–water partition coefficient (Wildman–Crippen LogP) is 2.62. The fourth-order valence-corrected chi connectivity index (χ4v) is 2.53. The molecule has 118 valence electrons. The van der Waals surface area contributed by atoms with Gasteiger partial charge in [-0.25, -0.2) is 14.1 Å². The molecule has 6 nitrogen and oxygen atoms in total. The fraction of sp³-hybridized carbons (Fsp3) is 0. The Balaban J connectivity index is 1.82. The van der Waals surface area contributed by atoms with Crippen LogP contribution in [0.1, 0.15) is 0 Å². The van der Waals surface area contributed by atoms with E-state index in [2.05, 4.69) is 15.1 Å². The highest BCUT2D eigenvalue weighted by Gasteiger charge is 2.10. The highest BCUT2D eigenvalue weighted by Crippen LogP contribution is 2.29. The van der Waals surface area contributed by atoms with Crippen molar-refractivity contribution in [3.05, 3.63) is 71.3 Å². The molecular formula is C17H11FN4O2. The molecule has 0 saturated carbocycles. The number of halogens is 1. The van der Waals surface area contributed by atoms with E-state index in [4.69, 9.17) is 0 Å². The van der Waals surface area contributed by atoms with E-state index in [0.717, 1.165) is 0 Å². The zero-order chi connectivity index (χ0) is 16.7. The molecule has 0 aliphatic rings. The number of aromatic amines is 1. The summed E-state index contributed by atoms with van der Waals surface area (Å²) < 4.78 is 14.6. The maximum Gasteiger partial charge on any atom is 0.258 e. The number of aromatic nitrogens is 4. The molecule has 0 unspecified atom stereocenters. The lowest BCUT2D eigenvalue weighted by Gasteiger charge is -2.03. The topological polar surface area (TPSA) is 83.8 Å². The lowest BCUT2D eigenvalue weighted by Crippen LogP contribution is -2.06. The van der Waals surface area contributed by atoms with Crippen LogP contribution in [-0.2, 0) is 0 Å². The van der Waals surface area contributed by atoms with E-state index in [1.54, 1.807) is 35.3 Å². The van der Waals surface area contributed by atoms with Crippen LogP contribution in [0, 0.1) is 5.82 Å². The molecule has 24 heavy (non-hydrogen) atoms. The third-order valence-electron chi connectivity index (χ3n) is 3.73. The van der Waals surface area contributed by atoms with Gasteiger partial charge in [-0.2, -0.15) is 5.10 Å². The Kier molecular flexibility index (Phi) is 3.13. The van der Waals surface area contributed by atoms with Gasteiger partial charge in [0.05, 0.1) is 23.6 Å². The number of H-pyrrole nitrogens is 1. The Bertz CT molecular complexity index is 1100. The minimum atomic E-state index is -0.330. The standard InChI is InChI=1S/C17H11FN4O2/c18-12-1-3-13(4-2-12)22-8-11(7-21-22)10-5-14-16(15(23)6-10)19-9-20-17(14)24/h1-9,23H,(H,19,20,24). The number of phenolic OH excluding ortho intramolecular Hbond substituents is 1. The van der Waals surface area contributed by atoms with E-state index in [1.165, 1.54) is 24.5 Å². The molecule has 7 heteroatoms. The molecule has 2 aromatic carbocycles. The quantitative estimate of drug-likeness (QED) is 0.594. The third-order valence-corrected chi connectivity index (χ3v) is 3.73. The van der Waals surface area contributed by atoms with Crippen molar-refractivity contribution in [3.63, 3.8) is 0 Å². The van der Waals surface area contributed by atoms with Gasteiger partial charge in [0.2, 0.25) is 0 Å². The first-order valence-corrected chi connectivity index (χ1v) is 7.13. The molecule has 0 saturated heterocycles. The number of nitrogens with zero attached hydrogens (tertiary/aromatic N) is 3. The van der Waals surface area contributed by atoms with Gasteiger partial charge >= 0.3 is 0 Å². The van der Waals surface area contributed by atoms with Crippen LogP contribution < -0.4 is 5.56 Å². The SMILES string of the molecule is O=c1[nH]cnc2c(O)cc(-c3cnn(-c4ccc(F)cc4)c3)cc12. The highest BCUT2D eigenvalue weighted by atomic mass is 19.1. The second kappa shape index (κ2) is 5.31. The molecule has 4 aromatic rings. The van der Waals surface area contributed by atoms with Gasteiger partial charge in [0, 0.05) is 11.8 Å². The molecule has 0 aliphatic carbocycles. The van der Waals surface area contributed by atoms with Gasteiger partial charge in [0.1, 0.15) is 17.1 Å². The lowest BCUT2D eigenvalue weighted by atomic mass is 10.1. The Hall–Kier alpha value is -3.48. The smallest absolute Gasteiger partial charge is 0.258 e. The molecule has 4 rings (SSSR count). The summed E-state index contributed by atoms with van der Waals surface area (Å²) in [5, 5.41) is 14.6. The molecule has 0 bridgehead atoms. The number of rotatable bonds is 2. The molecule has 2 N–H and O–H groups in total. The monoisotopic (exact) mass is 322 g/mol. The average Bonchev–Trinajstić information content (AvgIpc) is 3.06. The van der Waals surface area contributed by atoms with E-state index in [9.17, 15) is 14.3 Å². The molecule has 2 aromatic heterocycles. The van der Waals surface area contributed by atoms with Crippen LogP contribution in [0.2, 0.25) is 0 Å². The molecule has 0 spiro atoms. The normalized spacial score (nSPS) is 11.0. The van der Waals surface area contributed by atoms with Gasteiger partial charge in [-0.15, -0.1) is 0 Å². The van der Waals surface area contributed by atoms with Gasteiger partial charge in [0.25, 0.3) is 5.56 Å². The van der Waals surface area contributed by atoms with Crippen molar-refractivity contribution in [2.45, 2.75) is 0 Å². The van der Waals surface area contributed by atoms with E-state index < -0.39 is 0 Å². The molecule has 0 fully saturated rings. The Morgan fingerprint density at radius 3 is 2.71 bits per heavy atom. The van der Waals surface area contributed by atoms with E-state index >= 15 is 0 Å². The summed E-state index contributed by atoms with van der Waals surface area (Å²) in [6.45, 7) is 0. The number of nitrogens with one attached hydrogen (secondary N) is 1. The maximum absolute atomic E-state index is 13.0. The zero-order valence-electron chi connectivity index (χ0n) is 12.3. The first-order chi connectivity index (χ1) is 11.6. The van der Waals surface area contributed by atoms with Crippen LogP contribution in [0.15, 0.2) is 59.9 Å². The van der Waals surface area contributed by atoms with Crippen LogP contribution in [0.4, 0.5) is 4.39 Å². The van der Waals surface area contributed by atoms with Crippen molar-refractivity contribution < 1.29 is 9.50 Å². The van der Waals surface area contributed by atoms with Crippen LogP contribution >= 0.6 is 0 Å². The zero-order valence-corrected chi connectivity index (χ0v) is 12.3. The van der Waals surface area contributed by atoms with Gasteiger partial charge in [-0.05, 0) is 42.0 Å². The van der Waals surface area contributed by atoms with Gasteiger partial charge in [-0.1, -0.05) is 0 Å². The average molecular weight is 322 g/mol. The highest BCUT2D eigenvalue weighted by molar-refractivity contribution is 5.88. The molecule has 0 amide bonds. The van der Waals surface area contributed by atoms with Crippen molar-refractivity contribution in [2.75, 3.05) is 0 Å². The second-order valence-electron chi connectivity index (χ2n) is 5.27. The van der Waals surface area contributed by atoms with Crippen molar-refractivity contribution >= 4 is 10.9 Å². The van der Waals surface area contributed by atoms with Crippen LogP contribution in [0.3, 0.4) is 0 Å². The van der Waals surface area contributed by atoms with Gasteiger partial charge < -0.3 is 10.1 Å². The molecule has 0 atom stereocenters. The maximum atomic E-state index is 13.0. The van der Waals surface area contributed by atoms with Gasteiger partial charge in [0.15, 0.2) is 0 Å². The second-order valence-corrected chi connectivity index (χ2v) is 5.27. The number of phenols is 1. The van der Waals surface area contributed by atoms with Crippen LogP contribution in [0.25, 0.3) is 27.7 Å². The first-order valence-electron chi connectivity index (χ1n) is 7.13. The number of fused-ring (bicyclic) bond motifs is 1. The summed E-state index contributed by atoms with van der Waals surface area (Å²) in [4.78, 5) is 18.4. The van der Waals surface area contributed by atoms with Crippen molar-refractivity contribution in [3.8, 4) is 22.6 Å². The summed E-state index contributed by atoms with van der Waals surface area (Å²) >= 11 is 0. The van der Waals surface area contributed by atoms with Crippen LogP contribution in [-0.4, -0.2) is 24.9 Å². The molecule has 0 aliphatic heterocycles. The van der Waals surface area contributed by atoms with E-state index in [-0.39, 0.29) is 22.6 Å². The Labute approximate surface area is 134 Å². The van der Waals surface area contributed by atoms with Crippen LogP contribution in [0.5, 0.6) is 5.75 Å². The summed E-state index contributed by atoms with van der Waals surface area (Å²) in [5.41, 5.74) is 1.95. The minimum Gasteiger partial charge on any atom is -0.506 e. The van der Waals surface area contributed by atoms with Crippen molar-refractivity contribution in [1.82, 2.24) is 19.7 Å². The molecule has 2 heterocycles. The lowest BCUT2D eigenvalue weighted by molar-refractivity contribution is 0.480. The van der Waals surface area contributed by atoms with Crippen molar-refractivity contribution in [2.24, 2.45) is 0 Å². The predicted molar refractivity (Wildman–Crippen MR) is 86.5 cm³/mol. The molecule has 0 radical (unpaired) electrons. The number of aromatic hydroxyl groups is 1. The first kappa shape index (κ1) is 14.1. The number of benzene rings is 2. The number of hydrogen-bond donors (Lipinski definition) is 2. The van der Waals surface area contributed by atoms with E-state index in [0.29, 0.717) is 22.2 Å². The summed E-state index contributed by atoms with van der Waals surface area (Å²) in [6.07, 6.45) is 4.59. The van der Waals surface area contributed by atoms with Gasteiger partial charge in [-0.3, -0.25) is 4.79 Å². The number of hydrogen-bond acceptors (Lipinski definition) is 4. The van der Waals surface area contributed by atoms with Crippen molar-refractivity contribution in [1.29, 1.82) is 0 Å². The summed E-state index contributed by atoms with van der Waals surface area (Å²) in [6, 6.07) is 9.10.